The van der Waals surface area contributed by atoms with Gasteiger partial charge >= 0.3 is 0 Å². The van der Waals surface area contributed by atoms with Crippen LogP contribution in [0.25, 0.3) is 0 Å². The minimum Gasteiger partial charge on any atom is -0.376 e. The van der Waals surface area contributed by atoms with Gasteiger partial charge in [0.2, 0.25) is 17.7 Å². The highest BCUT2D eigenvalue weighted by atomic mass is 35.5. The van der Waals surface area contributed by atoms with Gasteiger partial charge in [0, 0.05) is 23.8 Å². The van der Waals surface area contributed by atoms with Crippen molar-refractivity contribution >= 4 is 46.4 Å². The van der Waals surface area contributed by atoms with E-state index < -0.39 is 5.41 Å². The number of likely N-dealkylation sites (N-methyl/N-ethyl adjacent to an activating group) is 1. The van der Waals surface area contributed by atoms with Crippen LogP contribution < -0.4 is 16.0 Å². The second-order valence-corrected chi connectivity index (χ2v) is 8.32. The van der Waals surface area contributed by atoms with Crippen molar-refractivity contribution < 1.29 is 14.4 Å². The Morgan fingerprint density at radius 1 is 0.967 bits per heavy atom. The van der Waals surface area contributed by atoms with Gasteiger partial charge in [-0.05, 0) is 30.3 Å². The lowest BCUT2D eigenvalue weighted by Crippen LogP contribution is -2.38. The van der Waals surface area contributed by atoms with Gasteiger partial charge in [-0.2, -0.15) is 0 Å². The molecule has 30 heavy (non-hydrogen) atoms. The molecule has 0 bridgehead atoms. The summed E-state index contributed by atoms with van der Waals surface area (Å²) in [6.45, 7) is 5.41. The quantitative estimate of drug-likeness (QED) is 0.622. The minimum atomic E-state index is -0.507. The molecule has 8 heteroatoms. The molecule has 0 aliphatic carbocycles. The molecular weight excluding hydrogens is 404 g/mol. The van der Waals surface area contributed by atoms with Crippen LogP contribution in [0.3, 0.4) is 0 Å². The number of halogens is 1. The lowest BCUT2D eigenvalue weighted by Gasteiger charge is -2.19. The van der Waals surface area contributed by atoms with Crippen molar-refractivity contribution in [3.8, 4) is 0 Å². The molecule has 3 amide bonds. The normalized spacial score (nSPS) is 10.8. The Hall–Kier alpha value is -3.06. The number of anilines is 3. The maximum Gasteiger partial charge on any atom is 0.244 e. The largest absolute Gasteiger partial charge is 0.376 e. The molecule has 0 saturated heterocycles. The zero-order valence-electron chi connectivity index (χ0n) is 17.6. The number of carbonyl (C=O) groups excluding carboxylic acids is 3. The third-order valence-electron chi connectivity index (χ3n) is 4.20. The van der Waals surface area contributed by atoms with Crippen molar-refractivity contribution in [3.05, 3.63) is 53.6 Å². The number of rotatable bonds is 7. The van der Waals surface area contributed by atoms with Gasteiger partial charge in [-0.1, -0.05) is 50.6 Å². The van der Waals surface area contributed by atoms with E-state index in [2.05, 4.69) is 16.0 Å². The molecule has 0 aromatic heterocycles. The van der Waals surface area contributed by atoms with Gasteiger partial charge in [-0.25, -0.2) is 0 Å². The Kier molecular flexibility index (Phi) is 7.83. The summed E-state index contributed by atoms with van der Waals surface area (Å²) in [5, 5.41) is 8.98. The van der Waals surface area contributed by atoms with Crippen molar-refractivity contribution in [2.24, 2.45) is 5.41 Å². The monoisotopic (exact) mass is 430 g/mol. The highest BCUT2D eigenvalue weighted by Gasteiger charge is 2.21. The molecule has 7 nitrogen and oxygen atoms in total. The second-order valence-electron chi connectivity index (χ2n) is 7.92. The van der Waals surface area contributed by atoms with Gasteiger partial charge in [0.15, 0.2) is 0 Å². The molecule has 0 aliphatic rings. The molecule has 2 aromatic carbocycles. The zero-order chi connectivity index (χ0) is 22.3. The fourth-order valence-electron chi connectivity index (χ4n) is 2.39. The molecule has 0 saturated carbocycles. The van der Waals surface area contributed by atoms with Crippen LogP contribution in [0.1, 0.15) is 20.8 Å². The van der Waals surface area contributed by atoms with Crippen LogP contribution >= 0.6 is 11.6 Å². The first-order chi connectivity index (χ1) is 14.1. The van der Waals surface area contributed by atoms with Crippen LogP contribution in [-0.4, -0.2) is 42.8 Å². The fourth-order valence-corrected chi connectivity index (χ4v) is 2.58. The third-order valence-corrected chi connectivity index (χ3v) is 4.53. The molecule has 3 N–H and O–H groups in total. The third kappa shape index (κ3) is 7.08. The van der Waals surface area contributed by atoms with Crippen LogP contribution in [0.4, 0.5) is 17.1 Å². The van der Waals surface area contributed by atoms with E-state index in [1.807, 2.05) is 20.8 Å². The van der Waals surface area contributed by atoms with Gasteiger partial charge in [-0.3, -0.25) is 14.4 Å². The van der Waals surface area contributed by atoms with Crippen LogP contribution in [-0.2, 0) is 14.4 Å². The second kappa shape index (κ2) is 10.1. The first-order valence-corrected chi connectivity index (χ1v) is 9.88. The maximum absolute atomic E-state index is 12.4. The summed E-state index contributed by atoms with van der Waals surface area (Å²) in [7, 11) is 1.55. The zero-order valence-corrected chi connectivity index (χ0v) is 18.3. The molecule has 0 aliphatic heterocycles. The number of benzene rings is 2. The van der Waals surface area contributed by atoms with Gasteiger partial charge in [0.05, 0.1) is 23.8 Å². The Bertz CT molecular complexity index is 925. The van der Waals surface area contributed by atoms with Crippen molar-refractivity contribution in [3.63, 3.8) is 0 Å². The van der Waals surface area contributed by atoms with Gasteiger partial charge < -0.3 is 20.9 Å². The van der Waals surface area contributed by atoms with Crippen molar-refractivity contribution in [1.82, 2.24) is 4.90 Å². The summed E-state index contributed by atoms with van der Waals surface area (Å²) >= 11 is 6.02. The number of amides is 3. The molecule has 0 heterocycles. The maximum atomic E-state index is 12.4. The molecule has 160 valence electrons. The first kappa shape index (κ1) is 23.2. The topological polar surface area (TPSA) is 90.5 Å². The lowest BCUT2D eigenvalue weighted by atomic mass is 9.95. The van der Waals surface area contributed by atoms with Gasteiger partial charge in [-0.15, -0.1) is 0 Å². The van der Waals surface area contributed by atoms with Crippen LogP contribution in [0.2, 0.25) is 5.02 Å². The summed E-state index contributed by atoms with van der Waals surface area (Å²) in [5.74, 6) is -0.695. The molecule has 0 spiro atoms. The highest BCUT2D eigenvalue weighted by molar-refractivity contribution is 6.33. The predicted octanol–water partition coefficient (Wildman–Crippen LogP) is 3.83. The van der Waals surface area contributed by atoms with E-state index in [1.165, 1.54) is 4.90 Å². The summed E-state index contributed by atoms with van der Waals surface area (Å²) in [5.41, 5.74) is 1.31. The Labute approximate surface area is 181 Å². The Morgan fingerprint density at radius 3 is 2.30 bits per heavy atom. The summed E-state index contributed by atoms with van der Waals surface area (Å²) in [6.07, 6.45) is 0. The van der Waals surface area contributed by atoms with E-state index in [0.717, 1.165) is 0 Å². The van der Waals surface area contributed by atoms with E-state index in [-0.39, 0.29) is 30.8 Å². The smallest absolute Gasteiger partial charge is 0.244 e. The molecule has 2 aromatic rings. The molecule has 0 radical (unpaired) electrons. The summed E-state index contributed by atoms with van der Waals surface area (Å²) in [6, 6.07) is 14.0. The molecule has 0 fully saturated rings. The van der Waals surface area contributed by atoms with Gasteiger partial charge in [0.25, 0.3) is 0 Å². The Balaban J connectivity index is 1.86. The van der Waals surface area contributed by atoms with Crippen LogP contribution in [0, 0.1) is 5.41 Å². The molecule has 2 rings (SSSR count). The molecule has 0 atom stereocenters. The van der Waals surface area contributed by atoms with Gasteiger partial charge in [0.1, 0.15) is 0 Å². The van der Waals surface area contributed by atoms with E-state index in [0.29, 0.717) is 22.1 Å². The van der Waals surface area contributed by atoms with E-state index in [9.17, 15) is 14.4 Å². The number of hydrogen-bond acceptors (Lipinski definition) is 4. The number of hydrogen-bond donors (Lipinski definition) is 3. The predicted molar refractivity (Wildman–Crippen MR) is 121 cm³/mol. The summed E-state index contributed by atoms with van der Waals surface area (Å²) < 4.78 is 0. The van der Waals surface area contributed by atoms with Crippen LogP contribution in [0.5, 0.6) is 0 Å². The standard InChI is InChI=1S/C22H27ClN4O3/c1-22(2,3)21(30)25-16-9-7-8-15(12-16)24-13-20(29)27(4)14-19(28)26-18-11-6-5-10-17(18)23/h5-12,24H,13-14H2,1-4H3,(H,25,30)(H,26,28). The molecular formula is C22H27ClN4O3. The number of nitrogens with one attached hydrogen (secondary N) is 3. The van der Waals surface area contributed by atoms with Crippen molar-refractivity contribution in [2.75, 3.05) is 36.1 Å². The highest BCUT2D eigenvalue weighted by Crippen LogP contribution is 2.21. The number of carbonyl (C=O) groups is 3. The average molecular weight is 431 g/mol. The molecule has 0 unspecified atom stereocenters. The first-order valence-electron chi connectivity index (χ1n) is 9.50. The van der Waals surface area contributed by atoms with Crippen molar-refractivity contribution in [1.29, 1.82) is 0 Å². The number of nitrogens with zero attached hydrogens (tertiary/aromatic N) is 1. The van der Waals surface area contributed by atoms with E-state index in [4.69, 9.17) is 11.6 Å². The fraction of sp³-hybridized carbons (Fsp3) is 0.318. The number of para-hydroxylation sites is 1. The van der Waals surface area contributed by atoms with E-state index in [1.54, 1.807) is 55.6 Å². The van der Waals surface area contributed by atoms with E-state index >= 15 is 0 Å². The SMILES string of the molecule is CN(CC(=O)Nc1ccccc1Cl)C(=O)CNc1cccc(NC(=O)C(C)(C)C)c1. The lowest BCUT2D eigenvalue weighted by molar-refractivity contribution is -0.131. The summed E-state index contributed by atoms with van der Waals surface area (Å²) in [4.78, 5) is 38.0. The minimum absolute atomic E-state index is 0.00649. The van der Waals surface area contributed by atoms with Crippen molar-refractivity contribution in [2.45, 2.75) is 20.8 Å². The Morgan fingerprint density at radius 2 is 1.63 bits per heavy atom. The average Bonchev–Trinajstić information content (AvgIpc) is 2.67. The van der Waals surface area contributed by atoms with Crippen LogP contribution in [0.15, 0.2) is 48.5 Å².